The van der Waals surface area contributed by atoms with Gasteiger partial charge in [-0.1, -0.05) is 6.07 Å². The third-order valence-corrected chi connectivity index (χ3v) is 4.72. The number of anilines is 1. The molecule has 29 heavy (non-hydrogen) atoms. The van der Waals surface area contributed by atoms with Gasteiger partial charge >= 0.3 is 0 Å². The van der Waals surface area contributed by atoms with E-state index in [1.54, 1.807) is 14.2 Å². The molecule has 1 aliphatic rings. The number of rotatable bonds is 11. The Hall–Kier alpha value is -1.26. The number of unbranched alkanes of at least 4 members (excludes halogenated alkanes) is 1. The molecule has 1 aromatic carbocycles. The lowest BCUT2D eigenvalue weighted by molar-refractivity contribution is 0.0690. The number of benzene rings is 1. The van der Waals surface area contributed by atoms with Crippen molar-refractivity contribution in [2.75, 3.05) is 78.2 Å². The van der Waals surface area contributed by atoms with Crippen molar-refractivity contribution < 1.29 is 14.2 Å². The Balaban J connectivity index is 0.00000420. The van der Waals surface area contributed by atoms with Gasteiger partial charge in [0.15, 0.2) is 5.96 Å². The summed E-state index contributed by atoms with van der Waals surface area (Å²) in [5.41, 5.74) is 1.22. The highest BCUT2D eigenvalue weighted by atomic mass is 127. The summed E-state index contributed by atoms with van der Waals surface area (Å²) in [5.74, 6) is 1.93. The number of hydrogen-bond acceptors (Lipinski definition) is 5. The number of halogens is 1. The molecule has 1 aliphatic heterocycles. The van der Waals surface area contributed by atoms with E-state index in [-0.39, 0.29) is 24.0 Å². The predicted octanol–water partition coefficient (Wildman–Crippen LogP) is 2.84. The van der Waals surface area contributed by atoms with Crippen LogP contribution >= 0.6 is 24.0 Å². The molecule has 2 rings (SSSR count). The Kier molecular flexibility index (Phi) is 13.8. The Morgan fingerprint density at radius 1 is 1.07 bits per heavy atom. The normalized spacial score (nSPS) is 14.5. The second kappa shape index (κ2) is 15.6. The monoisotopic (exact) mass is 520 g/mol. The molecular formula is C21H37IN4O3. The minimum atomic E-state index is 0. The Morgan fingerprint density at radius 2 is 1.86 bits per heavy atom. The van der Waals surface area contributed by atoms with Gasteiger partial charge in [-0.15, -0.1) is 24.0 Å². The van der Waals surface area contributed by atoms with E-state index in [0.29, 0.717) is 13.2 Å². The maximum absolute atomic E-state index is 5.50. The van der Waals surface area contributed by atoms with Gasteiger partial charge in [-0.25, -0.2) is 0 Å². The van der Waals surface area contributed by atoms with Crippen molar-refractivity contribution in [3.05, 3.63) is 24.3 Å². The molecule has 1 saturated heterocycles. The quantitative estimate of drug-likeness (QED) is 0.210. The summed E-state index contributed by atoms with van der Waals surface area (Å²) >= 11 is 0. The summed E-state index contributed by atoms with van der Waals surface area (Å²) in [4.78, 5) is 9.57. The topological polar surface area (TPSA) is 58.6 Å². The SMILES string of the molecule is CCNC(=NCCCCOCCOC)N1CCN(c2cccc(OC)c2)CC1.I. The average Bonchev–Trinajstić information content (AvgIpc) is 2.75. The zero-order chi connectivity index (χ0) is 20.0. The Morgan fingerprint density at radius 3 is 2.55 bits per heavy atom. The summed E-state index contributed by atoms with van der Waals surface area (Å²) in [7, 11) is 3.40. The van der Waals surface area contributed by atoms with Crippen LogP contribution in [0.15, 0.2) is 29.3 Å². The van der Waals surface area contributed by atoms with Crippen LogP contribution in [-0.2, 0) is 9.47 Å². The van der Waals surface area contributed by atoms with E-state index in [1.165, 1.54) is 5.69 Å². The molecule has 0 spiro atoms. The van der Waals surface area contributed by atoms with E-state index in [4.69, 9.17) is 19.2 Å². The summed E-state index contributed by atoms with van der Waals surface area (Å²) in [6.07, 6.45) is 2.06. The number of ether oxygens (including phenoxy) is 3. The van der Waals surface area contributed by atoms with Crippen LogP contribution in [0.4, 0.5) is 5.69 Å². The van der Waals surface area contributed by atoms with Crippen LogP contribution in [0, 0.1) is 0 Å². The van der Waals surface area contributed by atoms with Crippen molar-refractivity contribution in [1.29, 1.82) is 0 Å². The van der Waals surface area contributed by atoms with E-state index in [9.17, 15) is 0 Å². The first-order chi connectivity index (χ1) is 13.8. The minimum Gasteiger partial charge on any atom is -0.497 e. The number of nitrogens with zero attached hydrogens (tertiary/aromatic N) is 3. The number of piperazine rings is 1. The average molecular weight is 520 g/mol. The smallest absolute Gasteiger partial charge is 0.194 e. The van der Waals surface area contributed by atoms with Crippen LogP contribution in [0.5, 0.6) is 5.75 Å². The molecule has 0 unspecified atom stereocenters. The Labute approximate surface area is 192 Å². The van der Waals surface area contributed by atoms with Crippen LogP contribution in [0.2, 0.25) is 0 Å². The molecule has 1 heterocycles. The zero-order valence-corrected chi connectivity index (χ0v) is 20.4. The standard InChI is InChI=1S/C21H36N4O3.HI/c1-4-22-21(23-10-5-6-15-28-17-16-26-2)25-13-11-24(12-14-25)19-8-7-9-20(18-19)27-3;/h7-9,18H,4-6,10-17H2,1-3H3,(H,22,23);1H. The number of nitrogens with one attached hydrogen (secondary N) is 1. The number of guanidine groups is 1. The predicted molar refractivity (Wildman–Crippen MR) is 130 cm³/mol. The van der Waals surface area contributed by atoms with E-state index >= 15 is 0 Å². The molecular weight excluding hydrogens is 483 g/mol. The minimum absolute atomic E-state index is 0. The van der Waals surface area contributed by atoms with Gasteiger partial charge < -0.3 is 29.3 Å². The molecule has 0 aliphatic carbocycles. The van der Waals surface area contributed by atoms with E-state index in [0.717, 1.165) is 70.4 Å². The van der Waals surface area contributed by atoms with Gasteiger partial charge in [-0.05, 0) is 31.9 Å². The molecule has 1 fully saturated rings. The third kappa shape index (κ3) is 9.39. The number of methoxy groups -OCH3 is 2. The fourth-order valence-corrected chi connectivity index (χ4v) is 3.15. The Bertz CT molecular complexity index is 581. The molecule has 1 N–H and O–H groups in total. The van der Waals surface area contributed by atoms with Crippen molar-refractivity contribution in [3.8, 4) is 5.75 Å². The van der Waals surface area contributed by atoms with Gasteiger partial charge in [0.2, 0.25) is 0 Å². The highest BCUT2D eigenvalue weighted by molar-refractivity contribution is 14.0. The number of hydrogen-bond donors (Lipinski definition) is 1. The lowest BCUT2D eigenvalue weighted by Crippen LogP contribution is -2.52. The maximum Gasteiger partial charge on any atom is 0.194 e. The van der Waals surface area contributed by atoms with Crippen LogP contribution in [0.1, 0.15) is 19.8 Å². The lowest BCUT2D eigenvalue weighted by Gasteiger charge is -2.37. The van der Waals surface area contributed by atoms with Crippen LogP contribution in [0.25, 0.3) is 0 Å². The van der Waals surface area contributed by atoms with Gasteiger partial charge in [-0.2, -0.15) is 0 Å². The molecule has 0 atom stereocenters. The molecule has 166 valence electrons. The fraction of sp³-hybridized carbons (Fsp3) is 0.667. The summed E-state index contributed by atoms with van der Waals surface area (Å²) in [6.45, 7) is 9.80. The highest BCUT2D eigenvalue weighted by Gasteiger charge is 2.20. The van der Waals surface area contributed by atoms with Gasteiger partial charge in [-0.3, -0.25) is 4.99 Å². The van der Waals surface area contributed by atoms with Crippen molar-refractivity contribution in [2.24, 2.45) is 4.99 Å². The van der Waals surface area contributed by atoms with Crippen LogP contribution in [0.3, 0.4) is 0 Å². The van der Waals surface area contributed by atoms with Gasteiger partial charge in [0.05, 0.1) is 20.3 Å². The van der Waals surface area contributed by atoms with Crippen molar-refractivity contribution >= 4 is 35.6 Å². The molecule has 7 nitrogen and oxygen atoms in total. The molecule has 0 saturated carbocycles. The van der Waals surface area contributed by atoms with E-state index in [2.05, 4.69) is 34.2 Å². The van der Waals surface area contributed by atoms with Crippen LogP contribution < -0.4 is 15.0 Å². The summed E-state index contributed by atoms with van der Waals surface area (Å²) < 4.78 is 15.8. The van der Waals surface area contributed by atoms with Crippen LogP contribution in [-0.4, -0.2) is 84.2 Å². The van der Waals surface area contributed by atoms with E-state index < -0.39 is 0 Å². The van der Waals surface area contributed by atoms with Gasteiger partial charge in [0.1, 0.15) is 5.75 Å². The first-order valence-electron chi connectivity index (χ1n) is 10.3. The van der Waals surface area contributed by atoms with E-state index in [1.807, 2.05) is 12.1 Å². The molecule has 0 amide bonds. The molecule has 1 aromatic rings. The lowest BCUT2D eigenvalue weighted by atomic mass is 10.2. The van der Waals surface area contributed by atoms with Gasteiger partial charge in [0.25, 0.3) is 0 Å². The third-order valence-electron chi connectivity index (χ3n) is 4.72. The fourth-order valence-electron chi connectivity index (χ4n) is 3.15. The highest BCUT2D eigenvalue weighted by Crippen LogP contribution is 2.22. The zero-order valence-electron chi connectivity index (χ0n) is 18.1. The molecule has 0 aromatic heterocycles. The van der Waals surface area contributed by atoms with Crippen molar-refractivity contribution in [3.63, 3.8) is 0 Å². The van der Waals surface area contributed by atoms with Crippen molar-refractivity contribution in [1.82, 2.24) is 10.2 Å². The summed E-state index contributed by atoms with van der Waals surface area (Å²) in [5, 5.41) is 3.43. The van der Waals surface area contributed by atoms with Gasteiger partial charge in [0, 0.05) is 64.7 Å². The second-order valence-electron chi connectivity index (χ2n) is 6.72. The molecule has 8 heteroatoms. The number of aliphatic imine (C=N–C) groups is 1. The largest absolute Gasteiger partial charge is 0.497 e. The molecule has 0 radical (unpaired) electrons. The first-order valence-corrected chi connectivity index (χ1v) is 10.3. The molecule has 0 bridgehead atoms. The maximum atomic E-state index is 5.50. The second-order valence-corrected chi connectivity index (χ2v) is 6.72. The first kappa shape index (κ1) is 25.8. The summed E-state index contributed by atoms with van der Waals surface area (Å²) in [6, 6.07) is 8.28. The van der Waals surface area contributed by atoms with Crippen molar-refractivity contribution in [2.45, 2.75) is 19.8 Å².